The Balaban J connectivity index is 2.75. The van der Waals surface area contributed by atoms with Gasteiger partial charge >= 0.3 is 0 Å². The number of anilines is 1. The number of unbranched alkanes of at least 4 members (excludes halogenated alkanes) is 1. The van der Waals surface area contributed by atoms with Gasteiger partial charge in [0.25, 0.3) is 5.91 Å². The number of nitrogens with one attached hydrogen (secondary N) is 2. The smallest absolute Gasteiger partial charge is 0.289 e. The van der Waals surface area contributed by atoms with Gasteiger partial charge < -0.3 is 10.6 Å². The minimum absolute atomic E-state index is 0.329. The molecule has 100 valence electrons. The van der Waals surface area contributed by atoms with E-state index in [-0.39, 0.29) is 0 Å². The van der Waals surface area contributed by atoms with Gasteiger partial charge in [-0.2, -0.15) is 5.48 Å². The molecule has 0 saturated carbocycles. The summed E-state index contributed by atoms with van der Waals surface area (Å²) in [6, 6.07) is -0.915. The fourth-order valence-electron chi connectivity index (χ4n) is 1.15. The Bertz CT molecular complexity index is 425. The number of amides is 1. The SMILES string of the molecule is CCCCONC(C(=O)N=N)c1nc(N)sc1Br. The molecular weight excluding hydrogens is 322 g/mol. The zero-order valence-electron chi connectivity index (χ0n) is 9.77. The molecule has 1 heterocycles. The Morgan fingerprint density at radius 1 is 1.78 bits per heavy atom. The summed E-state index contributed by atoms with van der Waals surface area (Å²) >= 11 is 4.47. The van der Waals surface area contributed by atoms with Crippen LogP contribution in [0.25, 0.3) is 0 Å². The standard InChI is InChI=1S/C9H14BrN5O2S/c1-2-3-4-17-15-6(8(16)14-12)5-7(10)18-9(11)13-5/h6,12,15H,2-4H2,1H3,(H2,11,13). The third-order valence-corrected chi connectivity index (χ3v) is 3.64. The predicted molar refractivity (Wildman–Crippen MR) is 71.1 cm³/mol. The van der Waals surface area contributed by atoms with E-state index < -0.39 is 11.9 Å². The summed E-state index contributed by atoms with van der Waals surface area (Å²) in [6.45, 7) is 2.50. The Morgan fingerprint density at radius 3 is 3.00 bits per heavy atom. The molecule has 0 aliphatic heterocycles. The maximum absolute atomic E-state index is 11.5. The topological polar surface area (TPSA) is 113 Å². The van der Waals surface area contributed by atoms with Crippen LogP contribution in [-0.2, 0) is 9.63 Å². The van der Waals surface area contributed by atoms with Crippen molar-refractivity contribution in [2.45, 2.75) is 25.8 Å². The molecule has 1 amide bonds. The van der Waals surface area contributed by atoms with Gasteiger partial charge in [0, 0.05) is 0 Å². The van der Waals surface area contributed by atoms with Crippen molar-refractivity contribution in [3.8, 4) is 0 Å². The molecule has 9 heteroatoms. The third kappa shape index (κ3) is 4.09. The molecule has 0 radical (unpaired) electrons. The molecule has 1 unspecified atom stereocenters. The summed E-state index contributed by atoms with van der Waals surface area (Å²) in [5.41, 5.74) is 15.3. The molecular formula is C9H14BrN5O2S. The quantitative estimate of drug-likeness (QED) is 0.402. The van der Waals surface area contributed by atoms with Crippen molar-refractivity contribution in [3.05, 3.63) is 9.48 Å². The van der Waals surface area contributed by atoms with Gasteiger partial charge in [0.15, 0.2) is 11.2 Å². The molecule has 0 aliphatic carbocycles. The van der Waals surface area contributed by atoms with Crippen LogP contribution >= 0.6 is 27.3 Å². The van der Waals surface area contributed by atoms with Crippen LogP contribution in [0.5, 0.6) is 0 Å². The number of rotatable bonds is 7. The van der Waals surface area contributed by atoms with Crippen molar-refractivity contribution in [1.82, 2.24) is 10.5 Å². The summed E-state index contributed by atoms with van der Waals surface area (Å²) in [5.74, 6) is -0.683. The number of halogens is 1. The fraction of sp³-hybridized carbons (Fsp3) is 0.556. The minimum atomic E-state index is -0.915. The summed E-state index contributed by atoms with van der Waals surface area (Å²) in [6.07, 6.45) is 1.85. The highest BCUT2D eigenvalue weighted by molar-refractivity contribution is 9.11. The Kier molecular flexibility index (Phi) is 6.33. The van der Waals surface area contributed by atoms with Crippen molar-refractivity contribution in [3.63, 3.8) is 0 Å². The van der Waals surface area contributed by atoms with E-state index in [9.17, 15) is 4.79 Å². The highest BCUT2D eigenvalue weighted by atomic mass is 79.9. The van der Waals surface area contributed by atoms with E-state index in [0.717, 1.165) is 12.8 Å². The van der Waals surface area contributed by atoms with Crippen LogP contribution in [-0.4, -0.2) is 17.5 Å². The number of hydrogen-bond donors (Lipinski definition) is 3. The Hall–Kier alpha value is -0.900. The first kappa shape index (κ1) is 15.2. The van der Waals surface area contributed by atoms with E-state index in [4.69, 9.17) is 16.1 Å². The van der Waals surface area contributed by atoms with Crippen molar-refractivity contribution in [2.24, 2.45) is 5.11 Å². The van der Waals surface area contributed by atoms with Crippen LogP contribution in [0.15, 0.2) is 8.90 Å². The average molecular weight is 336 g/mol. The summed E-state index contributed by atoms with van der Waals surface area (Å²) in [7, 11) is 0. The van der Waals surface area contributed by atoms with Crippen molar-refractivity contribution >= 4 is 38.3 Å². The molecule has 18 heavy (non-hydrogen) atoms. The fourth-order valence-corrected chi connectivity index (χ4v) is 2.56. The van der Waals surface area contributed by atoms with E-state index in [2.05, 4.69) is 31.5 Å². The first-order valence-corrected chi connectivity index (χ1v) is 6.91. The number of aromatic nitrogens is 1. The lowest BCUT2D eigenvalue weighted by atomic mass is 10.2. The second-order valence-corrected chi connectivity index (χ2v) is 5.76. The molecule has 0 aliphatic rings. The van der Waals surface area contributed by atoms with Gasteiger partial charge in [0.05, 0.1) is 16.1 Å². The van der Waals surface area contributed by atoms with E-state index in [1.807, 2.05) is 6.92 Å². The lowest BCUT2D eigenvalue weighted by molar-refractivity contribution is -0.125. The minimum Gasteiger partial charge on any atom is -0.375 e. The van der Waals surface area contributed by atoms with Crippen LogP contribution in [0, 0.1) is 5.53 Å². The van der Waals surface area contributed by atoms with Crippen molar-refractivity contribution < 1.29 is 9.63 Å². The van der Waals surface area contributed by atoms with Gasteiger partial charge in [-0.25, -0.2) is 10.5 Å². The first-order chi connectivity index (χ1) is 8.60. The van der Waals surface area contributed by atoms with Gasteiger partial charge in [-0.3, -0.25) is 4.79 Å². The molecule has 1 aromatic heterocycles. The second kappa shape index (κ2) is 7.52. The molecule has 0 aromatic carbocycles. The Labute approximate surface area is 117 Å². The predicted octanol–water partition coefficient (Wildman–Crippen LogP) is 2.41. The largest absolute Gasteiger partial charge is 0.375 e. The van der Waals surface area contributed by atoms with E-state index in [0.29, 0.717) is 21.2 Å². The monoisotopic (exact) mass is 335 g/mol. The lowest BCUT2D eigenvalue weighted by Gasteiger charge is -2.12. The summed E-state index contributed by atoms with van der Waals surface area (Å²) in [4.78, 5) is 20.7. The van der Waals surface area contributed by atoms with Crippen LogP contribution in [0.4, 0.5) is 5.13 Å². The highest BCUT2D eigenvalue weighted by Crippen LogP contribution is 2.31. The maximum atomic E-state index is 11.5. The molecule has 0 spiro atoms. The maximum Gasteiger partial charge on any atom is 0.289 e. The number of nitrogen functional groups attached to an aromatic ring is 1. The zero-order chi connectivity index (χ0) is 13.5. The second-order valence-electron chi connectivity index (χ2n) is 3.41. The van der Waals surface area contributed by atoms with Crippen LogP contribution in [0.3, 0.4) is 0 Å². The number of carbonyl (C=O) groups is 1. The molecule has 0 saturated heterocycles. The number of carbonyl (C=O) groups excluding carboxylic acids is 1. The Morgan fingerprint density at radius 2 is 2.50 bits per heavy atom. The van der Waals surface area contributed by atoms with Crippen LogP contribution < -0.4 is 11.2 Å². The molecule has 0 fully saturated rings. The van der Waals surface area contributed by atoms with Crippen molar-refractivity contribution in [1.29, 1.82) is 5.53 Å². The van der Waals surface area contributed by atoms with Gasteiger partial charge in [0.2, 0.25) is 0 Å². The van der Waals surface area contributed by atoms with Crippen LogP contribution in [0.2, 0.25) is 0 Å². The molecule has 1 atom stereocenters. The van der Waals surface area contributed by atoms with Gasteiger partial charge in [-0.15, -0.1) is 5.11 Å². The van der Waals surface area contributed by atoms with Gasteiger partial charge in [-0.1, -0.05) is 24.7 Å². The molecule has 1 aromatic rings. The highest BCUT2D eigenvalue weighted by Gasteiger charge is 2.26. The lowest BCUT2D eigenvalue weighted by Crippen LogP contribution is -2.28. The molecule has 1 rings (SSSR count). The van der Waals surface area contributed by atoms with E-state index >= 15 is 0 Å². The zero-order valence-corrected chi connectivity index (χ0v) is 12.2. The third-order valence-electron chi connectivity index (χ3n) is 2.06. The van der Waals surface area contributed by atoms with E-state index in [1.165, 1.54) is 11.3 Å². The normalized spacial score (nSPS) is 12.3. The number of thiazole rings is 1. The molecule has 0 bridgehead atoms. The average Bonchev–Trinajstić information content (AvgIpc) is 2.67. The number of hydroxylamine groups is 1. The van der Waals surface area contributed by atoms with E-state index in [1.54, 1.807) is 0 Å². The van der Waals surface area contributed by atoms with Crippen LogP contribution in [0.1, 0.15) is 31.5 Å². The van der Waals surface area contributed by atoms with Gasteiger partial charge in [0.1, 0.15) is 0 Å². The number of nitrogens with two attached hydrogens (primary N) is 1. The molecule has 7 nitrogen and oxygen atoms in total. The van der Waals surface area contributed by atoms with Crippen molar-refractivity contribution in [2.75, 3.05) is 12.3 Å². The molecule has 4 N–H and O–H groups in total. The number of hydrogen-bond acceptors (Lipinski definition) is 7. The first-order valence-electron chi connectivity index (χ1n) is 5.30. The summed E-state index contributed by atoms with van der Waals surface area (Å²) in [5, 5.41) is 3.21. The number of nitrogens with zero attached hydrogens (tertiary/aromatic N) is 2. The summed E-state index contributed by atoms with van der Waals surface area (Å²) < 4.78 is 0.619. The van der Waals surface area contributed by atoms with Gasteiger partial charge in [-0.05, 0) is 22.4 Å².